The second kappa shape index (κ2) is 12.1. The van der Waals surface area contributed by atoms with Crippen LogP contribution in [0.15, 0.2) is 82.7 Å². The fourth-order valence-electron chi connectivity index (χ4n) is 3.52. The number of amidine groups is 1. The lowest BCUT2D eigenvalue weighted by molar-refractivity contribution is -0.139. The summed E-state index contributed by atoms with van der Waals surface area (Å²) in [5.41, 5.74) is 2.81. The highest BCUT2D eigenvalue weighted by Crippen LogP contribution is 2.38. The van der Waals surface area contributed by atoms with Crippen LogP contribution in [0.2, 0.25) is 0 Å². The summed E-state index contributed by atoms with van der Waals surface area (Å²) >= 11 is 3.40. The van der Waals surface area contributed by atoms with Crippen LogP contribution >= 0.6 is 34.4 Å². The lowest BCUT2D eigenvalue weighted by Gasteiger charge is -2.15. The minimum Gasteiger partial charge on any atom is -0.493 e. The average Bonchev–Trinajstić information content (AvgIpc) is 3.16. The van der Waals surface area contributed by atoms with Gasteiger partial charge in [-0.3, -0.25) is 14.7 Å². The first-order chi connectivity index (χ1) is 17.4. The molecular weight excluding hydrogens is 591 g/mol. The summed E-state index contributed by atoms with van der Waals surface area (Å²) < 4.78 is 11.5. The van der Waals surface area contributed by atoms with Crippen LogP contribution in [0.3, 0.4) is 0 Å². The van der Waals surface area contributed by atoms with Gasteiger partial charge in [0.05, 0.1) is 28.7 Å². The molecule has 4 rings (SSSR count). The molecule has 0 aromatic heterocycles. The van der Waals surface area contributed by atoms with Crippen LogP contribution in [0.4, 0.5) is 0 Å². The SMILES string of the molecule is COc1cc(/C=C2\SC(=NCc3ccccc3)N(Cc3ccccc3)C2=O)cc(I)c1OCC(=O)O. The number of aliphatic imine (C=N–C) groups is 1. The molecule has 0 atom stereocenters. The number of nitrogens with zero attached hydrogens (tertiary/aromatic N) is 2. The molecule has 7 nitrogen and oxygen atoms in total. The minimum absolute atomic E-state index is 0.129. The van der Waals surface area contributed by atoms with Gasteiger partial charge in [-0.25, -0.2) is 4.79 Å². The van der Waals surface area contributed by atoms with Crippen molar-refractivity contribution in [3.8, 4) is 11.5 Å². The normalized spacial score (nSPS) is 15.5. The fourth-order valence-corrected chi connectivity index (χ4v) is 5.28. The van der Waals surface area contributed by atoms with E-state index < -0.39 is 12.6 Å². The first-order valence-electron chi connectivity index (χ1n) is 11.0. The first kappa shape index (κ1) is 25.8. The molecule has 1 amide bonds. The Morgan fingerprint density at radius 1 is 1.08 bits per heavy atom. The molecule has 1 saturated heterocycles. The summed E-state index contributed by atoms with van der Waals surface area (Å²) in [5.74, 6) is -0.461. The maximum atomic E-state index is 13.5. The van der Waals surface area contributed by atoms with Crippen LogP contribution in [-0.2, 0) is 22.7 Å². The zero-order valence-corrected chi connectivity index (χ0v) is 22.4. The molecule has 3 aromatic carbocycles. The van der Waals surface area contributed by atoms with Crippen molar-refractivity contribution in [1.82, 2.24) is 4.90 Å². The van der Waals surface area contributed by atoms with Gasteiger partial charge in [0.1, 0.15) is 0 Å². The lowest BCUT2D eigenvalue weighted by atomic mass is 10.1. The average molecular weight is 614 g/mol. The number of aliphatic carboxylic acids is 1. The molecule has 1 aliphatic heterocycles. The zero-order valence-electron chi connectivity index (χ0n) is 19.4. The Kier molecular flexibility index (Phi) is 8.65. The van der Waals surface area contributed by atoms with Gasteiger partial charge in [-0.15, -0.1) is 0 Å². The number of carboxylic acid groups (broad SMARTS) is 1. The van der Waals surface area contributed by atoms with E-state index in [4.69, 9.17) is 19.6 Å². The Labute approximate surface area is 227 Å². The molecule has 9 heteroatoms. The number of benzene rings is 3. The molecule has 184 valence electrons. The molecule has 0 aliphatic carbocycles. The second-order valence-corrected chi connectivity index (χ2v) is 9.96. The van der Waals surface area contributed by atoms with E-state index in [0.29, 0.717) is 38.2 Å². The van der Waals surface area contributed by atoms with E-state index in [-0.39, 0.29) is 5.91 Å². The molecule has 1 fully saturated rings. The van der Waals surface area contributed by atoms with E-state index in [0.717, 1.165) is 16.7 Å². The minimum atomic E-state index is -1.08. The Bertz CT molecular complexity index is 1310. The van der Waals surface area contributed by atoms with Crippen molar-refractivity contribution < 1.29 is 24.2 Å². The number of halogens is 1. The van der Waals surface area contributed by atoms with E-state index in [1.54, 1.807) is 17.0 Å². The standard InChI is InChI=1S/C27H23IN2O5S/c1-34-22-13-20(12-21(28)25(22)35-17-24(31)32)14-23-26(33)30(16-19-10-6-3-7-11-19)27(36-23)29-15-18-8-4-2-5-9-18/h2-14H,15-17H2,1H3,(H,31,32)/b23-14-,29-27?. The van der Waals surface area contributed by atoms with Crippen LogP contribution < -0.4 is 9.47 Å². The van der Waals surface area contributed by atoms with E-state index in [1.165, 1.54) is 18.9 Å². The molecule has 0 spiro atoms. The zero-order chi connectivity index (χ0) is 25.5. The summed E-state index contributed by atoms with van der Waals surface area (Å²) in [6.45, 7) is 0.410. The third-order valence-electron chi connectivity index (χ3n) is 5.20. The molecule has 0 radical (unpaired) electrons. The van der Waals surface area contributed by atoms with Gasteiger partial charge >= 0.3 is 5.97 Å². The summed E-state index contributed by atoms with van der Waals surface area (Å²) in [6.07, 6.45) is 1.79. The molecule has 36 heavy (non-hydrogen) atoms. The van der Waals surface area contributed by atoms with Crippen molar-refractivity contribution in [2.24, 2.45) is 4.99 Å². The smallest absolute Gasteiger partial charge is 0.341 e. The van der Waals surface area contributed by atoms with Crippen LogP contribution in [-0.4, -0.2) is 40.8 Å². The van der Waals surface area contributed by atoms with Gasteiger partial charge in [-0.2, -0.15) is 0 Å². The Morgan fingerprint density at radius 2 is 1.75 bits per heavy atom. The maximum absolute atomic E-state index is 13.5. The van der Waals surface area contributed by atoms with Gasteiger partial charge < -0.3 is 14.6 Å². The third kappa shape index (κ3) is 6.46. The van der Waals surface area contributed by atoms with Gasteiger partial charge in [0.15, 0.2) is 23.3 Å². The molecule has 1 heterocycles. The van der Waals surface area contributed by atoms with Crippen LogP contribution in [0.1, 0.15) is 16.7 Å². The predicted octanol–water partition coefficient (Wildman–Crippen LogP) is 5.44. The lowest BCUT2D eigenvalue weighted by Crippen LogP contribution is -2.28. The third-order valence-corrected chi connectivity index (χ3v) is 7.05. The molecule has 1 N–H and O–H groups in total. The van der Waals surface area contributed by atoms with Crippen molar-refractivity contribution in [1.29, 1.82) is 0 Å². The summed E-state index contributed by atoms with van der Waals surface area (Å²) in [7, 11) is 1.49. The van der Waals surface area contributed by atoms with Crippen LogP contribution in [0.5, 0.6) is 11.5 Å². The number of carbonyl (C=O) groups excluding carboxylic acids is 1. The molecular formula is C27H23IN2O5S. The number of carbonyl (C=O) groups is 2. The van der Waals surface area contributed by atoms with Crippen molar-refractivity contribution >= 4 is 57.5 Å². The number of carboxylic acids is 1. The highest BCUT2D eigenvalue weighted by atomic mass is 127. The number of methoxy groups -OCH3 is 1. The summed E-state index contributed by atoms with van der Waals surface area (Å²) in [4.78, 5) is 31.4. The molecule has 0 saturated carbocycles. The number of amides is 1. The van der Waals surface area contributed by atoms with Gasteiger partial charge in [0, 0.05) is 0 Å². The first-order valence-corrected chi connectivity index (χ1v) is 12.9. The number of thioether (sulfide) groups is 1. The van der Waals surface area contributed by atoms with Gasteiger partial charge in [0.2, 0.25) is 0 Å². The number of rotatable bonds is 9. The van der Waals surface area contributed by atoms with Crippen molar-refractivity contribution in [3.05, 3.63) is 98.0 Å². The van der Waals surface area contributed by atoms with E-state index in [9.17, 15) is 9.59 Å². The van der Waals surface area contributed by atoms with Crippen LogP contribution in [0.25, 0.3) is 6.08 Å². The monoisotopic (exact) mass is 614 g/mol. The van der Waals surface area contributed by atoms with Crippen LogP contribution in [0, 0.1) is 3.57 Å². The van der Waals surface area contributed by atoms with E-state index >= 15 is 0 Å². The molecule has 0 unspecified atom stereocenters. The molecule has 0 bridgehead atoms. The summed E-state index contributed by atoms with van der Waals surface area (Å²) in [5, 5.41) is 9.58. The van der Waals surface area contributed by atoms with Crippen molar-refractivity contribution in [2.75, 3.05) is 13.7 Å². The quantitative estimate of drug-likeness (QED) is 0.255. The second-order valence-electron chi connectivity index (χ2n) is 7.79. The van der Waals surface area contributed by atoms with E-state index in [2.05, 4.69) is 22.6 Å². The predicted molar refractivity (Wildman–Crippen MR) is 149 cm³/mol. The van der Waals surface area contributed by atoms with Crippen molar-refractivity contribution in [2.45, 2.75) is 13.1 Å². The van der Waals surface area contributed by atoms with Gasteiger partial charge in [-0.1, -0.05) is 60.7 Å². The summed E-state index contributed by atoms with van der Waals surface area (Å²) in [6, 6.07) is 23.3. The number of hydrogen-bond acceptors (Lipinski definition) is 6. The van der Waals surface area contributed by atoms with Crippen molar-refractivity contribution in [3.63, 3.8) is 0 Å². The molecule has 3 aromatic rings. The Morgan fingerprint density at radius 3 is 2.39 bits per heavy atom. The Balaban J connectivity index is 1.64. The number of ether oxygens (including phenoxy) is 2. The number of hydrogen-bond donors (Lipinski definition) is 1. The molecule has 1 aliphatic rings. The fraction of sp³-hybridized carbons (Fsp3) is 0.148. The van der Waals surface area contributed by atoms with Gasteiger partial charge in [-0.05, 0) is 69.3 Å². The highest BCUT2D eigenvalue weighted by molar-refractivity contribution is 14.1. The topological polar surface area (TPSA) is 88.4 Å². The maximum Gasteiger partial charge on any atom is 0.341 e. The van der Waals surface area contributed by atoms with E-state index in [1.807, 2.05) is 66.7 Å². The Hall–Kier alpha value is -3.31. The van der Waals surface area contributed by atoms with Gasteiger partial charge in [0.25, 0.3) is 5.91 Å². The largest absolute Gasteiger partial charge is 0.493 e. The highest BCUT2D eigenvalue weighted by Gasteiger charge is 2.33.